The molecule has 1 saturated carbocycles. The maximum atomic E-state index is 5.46. The molecule has 2 aliphatic rings. The van der Waals surface area contributed by atoms with Gasteiger partial charge in [0.2, 0.25) is 5.95 Å². The van der Waals surface area contributed by atoms with E-state index >= 15 is 0 Å². The summed E-state index contributed by atoms with van der Waals surface area (Å²) in [5.41, 5.74) is 2.14. The number of morpholine rings is 1. The summed E-state index contributed by atoms with van der Waals surface area (Å²) in [6.07, 6.45) is 8.01. The quantitative estimate of drug-likeness (QED) is 0.854. The minimum atomic E-state index is 0.494. The van der Waals surface area contributed by atoms with Crippen LogP contribution in [0.2, 0.25) is 0 Å². The maximum absolute atomic E-state index is 5.46. The predicted molar refractivity (Wildman–Crippen MR) is 103 cm³/mol. The Bertz CT molecular complexity index is 713. The van der Waals surface area contributed by atoms with Crippen molar-refractivity contribution in [2.24, 2.45) is 0 Å². The third kappa shape index (κ3) is 4.22. The first-order valence-corrected chi connectivity index (χ1v) is 9.53. The number of nitrogens with zero attached hydrogens (tertiary/aromatic N) is 4. The van der Waals surface area contributed by atoms with E-state index in [9.17, 15) is 0 Å². The average molecular weight is 354 g/mol. The lowest BCUT2D eigenvalue weighted by Crippen LogP contribution is -2.36. The zero-order valence-corrected chi connectivity index (χ0v) is 15.0. The van der Waals surface area contributed by atoms with Crippen molar-refractivity contribution in [2.75, 3.05) is 41.8 Å². The molecule has 2 fully saturated rings. The minimum Gasteiger partial charge on any atom is -0.378 e. The van der Waals surface area contributed by atoms with Gasteiger partial charge in [-0.2, -0.15) is 10.1 Å². The lowest BCUT2D eigenvalue weighted by atomic mass is 9.96. The van der Waals surface area contributed by atoms with Gasteiger partial charge in [0, 0.05) is 19.1 Å². The lowest BCUT2D eigenvalue weighted by Gasteiger charge is -2.30. The molecule has 0 bridgehead atoms. The van der Waals surface area contributed by atoms with Gasteiger partial charge in [-0.25, -0.2) is 0 Å². The topological polar surface area (TPSA) is 75.2 Å². The summed E-state index contributed by atoms with van der Waals surface area (Å²) in [4.78, 5) is 6.93. The summed E-state index contributed by atoms with van der Waals surface area (Å²) in [7, 11) is 0. The van der Waals surface area contributed by atoms with Crippen LogP contribution in [0.1, 0.15) is 32.1 Å². The molecule has 4 rings (SSSR count). The highest BCUT2D eigenvalue weighted by atomic mass is 16.5. The zero-order chi connectivity index (χ0) is 17.6. The van der Waals surface area contributed by atoms with Crippen molar-refractivity contribution >= 4 is 23.1 Å². The molecule has 0 amide bonds. The fraction of sp³-hybridized carbons (Fsp3) is 0.526. The lowest BCUT2D eigenvalue weighted by molar-refractivity contribution is 0.123. The van der Waals surface area contributed by atoms with Gasteiger partial charge in [0.1, 0.15) is 0 Å². The molecular formula is C19H26N6O. The highest BCUT2D eigenvalue weighted by Gasteiger charge is 2.16. The maximum Gasteiger partial charge on any atom is 0.249 e. The fourth-order valence-electron chi connectivity index (χ4n) is 3.66. The van der Waals surface area contributed by atoms with E-state index in [-0.39, 0.29) is 0 Å². The molecule has 7 heteroatoms. The van der Waals surface area contributed by atoms with E-state index in [4.69, 9.17) is 4.74 Å². The number of anilines is 4. The number of rotatable bonds is 5. The Balaban J connectivity index is 1.48. The Morgan fingerprint density at radius 1 is 1.04 bits per heavy atom. The van der Waals surface area contributed by atoms with E-state index < -0.39 is 0 Å². The largest absolute Gasteiger partial charge is 0.378 e. The number of benzene rings is 1. The smallest absolute Gasteiger partial charge is 0.249 e. The van der Waals surface area contributed by atoms with Crippen molar-refractivity contribution in [1.29, 1.82) is 0 Å². The summed E-state index contributed by atoms with van der Waals surface area (Å²) >= 11 is 0. The Kier molecular flexibility index (Phi) is 5.44. The monoisotopic (exact) mass is 354 g/mol. The van der Waals surface area contributed by atoms with Crippen LogP contribution in [0.4, 0.5) is 23.1 Å². The van der Waals surface area contributed by atoms with E-state index in [2.05, 4.69) is 48.9 Å². The van der Waals surface area contributed by atoms with Gasteiger partial charge in [0.15, 0.2) is 5.82 Å². The van der Waals surface area contributed by atoms with Gasteiger partial charge in [-0.15, -0.1) is 5.10 Å². The van der Waals surface area contributed by atoms with Crippen molar-refractivity contribution in [3.63, 3.8) is 0 Å². The van der Waals surface area contributed by atoms with Gasteiger partial charge in [-0.05, 0) is 25.0 Å². The van der Waals surface area contributed by atoms with E-state index in [1.54, 1.807) is 6.20 Å². The Morgan fingerprint density at radius 3 is 2.69 bits per heavy atom. The van der Waals surface area contributed by atoms with Gasteiger partial charge < -0.3 is 20.3 Å². The van der Waals surface area contributed by atoms with E-state index in [0.717, 1.165) is 43.5 Å². The van der Waals surface area contributed by atoms with Gasteiger partial charge in [-0.3, -0.25) is 0 Å². The molecule has 0 spiro atoms. The molecule has 1 aromatic heterocycles. The molecule has 0 atom stereocenters. The number of aromatic nitrogens is 3. The third-order valence-electron chi connectivity index (χ3n) is 5.02. The van der Waals surface area contributed by atoms with E-state index in [0.29, 0.717) is 12.0 Å². The molecule has 2 N–H and O–H groups in total. The molecule has 1 aromatic carbocycles. The van der Waals surface area contributed by atoms with Gasteiger partial charge in [-0.1, -0.05) is 31.4 Å². The van der Waals surface area contributed by atoms with Crippen LogP contribution in [0, 0.1) is 0 Å². The van der Waals surface area contributed by atoms with Crippen molar-refractivity contribution in [3.05, 3.63) is 30.5 Å². The summed E-state index contributed by atoms with van der Waals surface area (Å²) in [5.74, 6) is 1.31. The molecule has 1 aliphatic carbocycles. The Labute approximate surface area is 154 Å². The summed E-state index contributed by atoms with van der Waals surface area (Å²) < 4.78 is 5.46. The van der Waals surface area contributed by atoms with Crippen LogP contribution in [-0.4, -0.2) is 47.5 Å². The van der Waals surface area contributed by atoms with Crippen LogP contribution in [0.3, 0.4) is 0 Å². The zero-order valence-electron chi connectivity index (χ0n) is 15.0. The highest BCUT2D eigenvalue weighted by Crippen LogP contribution is 2.28. The van der Waals surface area contributed by atoms with Gasteiger partial charge in [0.05, 0.1) is 30.8 Å². The number of hydrogen-bond acceptors (Lipinski definition) is 7. The summed E-state index contributed by atoms with van der Waals surface area (Å²) in [6.45, 7) is 3.29. The molecule has 26 heavy (non-hydrogen) atoms. The SMILES string of the molecule is c1ccc(N2CCOCC2)c(Nc2nncc(NC3CCCCC3)n2)c1. The molecule has 0 unspecified atom stereocenters. The van der Waals surface area contributed by atoms with Crippen molar-refractivity contribution in [1.82, 2.24) is 15.2 Å². The van der Waals surface area contributed by atoms with Crippen LogP contribution in [0.15, 0.2) is 30.5 Å². The van der Waals surface area contributed by atoms with E-state index in [1.165, 1.54) is 32.1 Å². The summed E-state index contributed by atoms with van der Waals surface area (Å²) in [5, 5.41) is 15.1. The number of hydrogen-bond donors (Lipinski definition) is 2. The molecular weight excluding hydrogens is 328 g/mol. The summed E-state index contributed by atoms with van der Waals surface area (Å²) in [6, 6.07) is 8.73. The first kappa shape index (κ1) is 17.0. The second-order valence-corrected chi connectivity index (χ2v) is 6.89. The molecule has 138 valence electrons. The van der Waals surface area contributed by atoms with E-state index in [1.807, 2.05) is 6.07 Å². The Morgan fingerprint density at radius 2 is 1.85 bits per heavy atom. The average Bonchev–Trinajstić information content (AvgIpc) is 2.70. The van der Waals surface area contributed by atoms with Gasteiger partial charge in [0.25, 0.3) is 0 Å². The number of para-hydroxylation sites is 2. The molecule has 1 saturated heterocycles. The van der Waals surface area contributed by atoms with Crippen LogP contribution in [0.5, 0.6) is 0 Å². The fourth-order valence-corrected chi connectivity index (χ4v) is 3.66. The van der Waals surface area contributed by atoms with Crippen LogP contribution < -0.4 is 15.5 Å². The Hall–Kier alpha value is -2.41. The van der Waals surface area contributed by atoms with Crippen LogP contribution >= 0.6 is 0 Å². The molecule has 7 nitrogen and oxygen atoms in total. The number of ether oxygens (including phenoxy) is 1. The second kappa shape index (κ2) is 8.31. The highest BCUT2D eigenvalue weighted by molar-refractivity contribution is 5.73. The predicted octanol–water partition coefficient (Wildman–Crippen LogP) is 3.20. The standard InChI is InChI=1S/C19H26N6O/c1-2-6-15(7-3-1)21-18-14-20-24-19(23-18)22-16-8-4-5-9-17(16)25-10-12-26-13-11-25/h4-5,8-9,14-15H,1-3,6-7,10-13H2,(H2,21,22,23,24). The minimum absolute atomic E-state index is 0.494. The van der Waals surface area contributed by atoms with Crippen molar-refractivity contribution < 1.29 is 4.74 Å². The first-order chi connectivity index (χ1) is 12.9. The normalized spacial score (nSPS) is 18.5. The molecule has 2 heterocycles. The first-order valence-electron chi connectivity index (χ1n) is 9.53. The van der Waals surface area contributed by atoms with Gasteiger partial charge >= 0.3 is 0 Å². The third-order valence-corrected chi connectivity index (χ3v) is 5.02. The molecule has 2 aromatic rings. The van der Waals surface area contributed by atoms with Crippen LogP contribution in [0.25, 0.3) is 0 Å². The molecule has 0 radical (unpaired) electrons. The second-order valence-electron chi connectivity index (χ2n) is 6.89. The van der Waals surface area contributed by atoms with Crippen molar-refractivity contribution in [2.45, 2.75) is 38.1 Å². The van der Waals surface area contributed by atoms with Crippen molar-refractivity contribution in [3.8, 4) is 0 Å². The number of nitrogens with one attached hydrogen (secondary N) is 2. The molecule has 1 aliphatic heterocycles. The van der Waals surface area contributed by atoms with Crippen LogP contribution in [-0.2, 0) is 4.74 Å².